The number of ether oxygens (including phenoxy) is 2. The summed E-state index contributed by atoms with van der Waals surface area (Å²) >= 11 is 0. The highest BCUT2D eigenvalue weighted by atomic mass is 16.5. The van der Waals surface area contributed by atoms with Gasteiger partial charge < -0.3 is 9.47 Å². The summed E-state index contributed by atoms with van der Waals surface area (Å²) < 4.78 is 10.7. The maximum absolute atomic E-state index is 10.7. The quantitative estimate of drug-likeness (QED) is 0.386. The van der Waals surface area contributed by atoms with Gasteiger partial charge in [-0.2, -0.15) is 0 Å². The molecular formula is C25H22O3. The fourth-order valence-electron chi connectivity index (χ4n) is 2.75. The lowest BCUT2D eigenvalue weighted by molar-refractivity contribution is 0.112. The van der Waals surface area contributed by atoms with Crippen LogP contribution in [0.25, 0.3) is 24.3 Å². The van der Waals surface area contributed by atoms with Gasteiger partial charge in [-0.05, 0) is 34.9 Å². The third-order valence-corrected chi connectivity index (χ3v) is 4.37. The monoisotopic (exact) mass is 370 g/mol. The largest absolute Gasteiger partial charge is 0.497 e. The number of rotatable bonds is 7. The van der Waals surface area contributed by atoms with Crippen LogP contribution in [0.2, 0.25) is 0 Å². The minimum atomic E-state index is 0.669. The lowest BCUT2D eigenvalue weighted by Crippen LogP contribution is -1.88. The molecule has 0 N–H and O–H groups in total. The zero-order chi connectivity index (χ0) is 19.8. The standard InChI is InChI=1S/C25H22O3/c1-27-24-15-11-20(12-16-24)3-6-21-10-14-23(25(17-21)28-2)13-9-19-4-7-22(18-26)8-5-19/h3-18H,1-2H3/b6-3+,13-9+. The van der Waals surface area contributed by atoms with Crippen molar-refractivity contribution in [3.63, 3.8) is 0 Å². The molecule has 0 atom stereocenters. The molecule has 0 spiro atoms. The lowest BCUT2D eigenvalue weighted by atomic mass is 10.1. The number of hydrogen-bond donors (Lipinski definition) is 0. The molecule has 0 heterocycles. The van der Waals surface area contributed by atoms with Crippen molar-refractivity contribution in [2.75, 3.05) is 14.2 Å². The van der Waals surface area contributed by atoms with E-state index in [1.807, 2.05) is 60.7 Å². The Hall–Kier alpha value is -3.59. The van der Waals surface area contributed by atoms with E-state index in [2.05, 4.69) is 18.2 Å². The van der Waals surface area contributed by atoms with Gasteiger partial charge in [-0.3, -0.25) is 4.79 Å². The Kier molecular flexibility index (Phi) is 6.42. The van der Waals surface area contributed by atoms with Crippen LogP contribution in [0.4, 0.5) is 0 Å². The first-order chi connectivity index (χ1) is 13.7. The Morgan fingerprint density at radius 1 is 0.607 bits per heavy atom. The summed E-state index contributed by atoms with van der Waals surface area (Å²) in [6, 6.07) is 21.4. The van der Waals surface area contributed by atoms with Gasteiger partial charge in [-0.15, -0.1) is 0 Å². The summed E-state index contributed by atoms with van der Waals surface area (Å²) in [5, 5.41) is 0. The minimum Gasteiger partial charge on any atom is -0.497 e. The summed E-state index contributed by atoms with van der Waals surface area (Å²) in [4.78, 5) is 10.7. The second kappa shape index (κ2) is 9.38. The van der Waals surface area contributed by atoms with E-state index in [0.29, 0.717) is 5.56 Å². The molecule has 0 aliphatic rings. The van der Waals surface area contributed by atoms with E-state index in [4.69, 9.17) is 9.47 Å². The number of carbonyl (C=O) groups is 1. The molecule has 3 aromatic rings. The Labute approximate surface area is 165 Å². The molecule has 0 aliphatic carbocycles. The first-order valence-electron chi connectivity index (χ1n) is 8.95. The Bertz CT molecular complexity index is 981. The van der Waals surface area contributed by atoms with Crippen LogP contribution in [-0.2, 0) is 0 Å². The minimum absolute atomic E-state index is 0.669. The predicted octanol–water partition coefficient (Wildman–Crippen LogP) is 5.86. The Balaban J connectivity index is 1.76. The van der Waals surface area contributed by atoms with E-state index in [-0.39, 0.29) is 0 Å². The third kappa shape index (κ3) is 4.98. The van der Waals surface area contributed by atoms with Crippen molar-refractivity contribution in [1.29, 1.82) is 0 Å². The SMILES string of the molecule is COc1ccc(/C=C/c2ccc(/C=C/c3ccc(C=O)cc3)c(OC)c2)cc1. The fraction of sp³-hybridized carbons (Fsp3) is 0.0800. The van der Waals surface area contributed by atoms with E-state index in [1.54, 1.807) is 26.4 Å². The third-order valence-electron chi connectivity index (χ3n) is 4.37. The summed E-state index contributed by atoms with van der Waals surface area (Å²) in [6.45, 7) is 0. The van der Waals surface area contributed by atoms with Gasteiger partial charge in [0.05, 0.1) is 14.2 Å². The molecule has 28 heavy (non-hydrogen) atoms. The molecule has 0 unspecified atom stereocenters. The van der Waals surface area contributed by atoms with Crippen molar-refractivity contribution in [3.05, 3.63) is 94.5 Å². The summed E-state index contributed by atoms with van der Waals surface area (Å²) in [7, 11) is 3.33. The second-order valence-electron chi connectivity index (χ2n) is 6.23. The molecule has 140 valence electrons. The molecule has 0 aromatic heterocycles. The first-order valence-corrected chi connectivity index (χ1v) is 8.95. The Morgan fingerprint density at radius 3 is 1.75 bits per heavy atom. The van der Waals surface area contributed by atoms with Crippen molar-refractivity contribution in [3.8, 4) is 11.5 Å². The first kappa shape index (κ1) is 19.2. The van der Waals surface area contributed by atoms with Crippen molar-refractivity contribution in [1.82, 2.24) is 0 Å². The smallest absolute Gasteiger partial charge is 0.150 e. The van der Waals surface area contributed by atoms with Gasteiger partial charge in [0.2, 0.25) is 0 Å². The highest BCUT2D eigenvalue weighted by Gasteiger charge is 2.01. The van der Waals surface area contributed by atoms with Crippen LogP contribution in [0, 0.1) is 0 Å². The zero-order valence-corrected chi connectivity index (χ0v) is 16.0. The van der Waals surface area contributed by atoms with Crippen LogP contribution in [0.1, 0.15) is 32.6 Å². The molecule has 0 saturated heterocycles. The van der Waals surface area contributed by atoms with Gasteiger partial charge in [0.25, 0.3) is 0 Å². The van der Waals surface area contributed by atoms with Gasteiger partial charge in [0.15, 0.2) is 0 Å². The summed E-state index contributed by atoms with van der Waals surface area (Å²) in [5.74, 6) is 1.65. The normalized spacial score (nSPS) is 11.1. The average Bonchev–Trinajstić information content (AvgIpc) is 2.77. The van der Waals surface area contributed by atoms with Crippen molar-refractivity contribution in [2.45, 2.75) is 0 Å². The molecule has 3 heteroatoms. The van der Waals surface area contributed by atoms with Gasteiger partial charge in [0, 0.05) is 11.1 Å². The van der Waals surface area contributed by atoms with Gasteiger partial charge in [0.1, 0.15) is 17.8 Å². The number of carbonyl (C=O) groups excluding carboxylic acids is 1. The molecule has 0 saturated carbocycles. The topological polar surface area (TPSA) is 35.5 Å². The van der Waals surface area contributed by atoms with E-state index in [0.717, 1.165) is 40.0 Å². The van der Waals surface area contributed by atoms with Crippen LogP contribution in [0.15, 0.2) is 66.7 Å². The van der Waals surface area contributed by atoms with E-state index in [9.17, 15) is 4.79 Å². The molecule has 3 aromatic carbocycles. The van der Waals surface area contributed by atoms with Crippen LogP contribution in [0.3, 0.4) is 0 Å². The number of aldehydes is 1. The summed E-state index contributed by atoms with van der Waals surface area (Å²) in [6.07, 6.45) is 8.95. The van der Waals surface area contributed by atoms with Crippen molar-refractivity contribution >= 4 is 30.6 Å². The lowest BCUT2D eigenvalue weighted by Gasteiger charge is -2.06. The molecule has 3 nitrogen and oxygen atoms in total. The molecule has 0 aliphatic heterocycles. The average molecular weight is 370 g/mol. The van der Waals surface area contributed by atoms with Gasteiger partial charge in [-0.25, -0.2) is 0 Å². The molecule has 0 fully saturated rings. The van der Waals surface area contributed by atoms with Gasteiger partial charge in [-0.1, -0.05) is 72.8 Å². The summed E-state index contributed by atoms with van der Waals surface area (Å²) in [5.41, 5.74) is 4.84. The van der Waals surface area contributed by atoms with E-state index in [1.165, 1.54) is 0 Å². The molecule has 0 radical (unpaired) electrons. The maximum Gasteiger partial charge on any atom is 0.150 e. The fourth-order valence-corrected chi connectivity index (χ4v) is 2.75. The molecule has 0 bridgehead atoms. The Morgan fingerprint density at radius 2 is 1.14 bits per heavy atom. The predicted molar refractivity (Wildman–Crippen MR) is 116 cm³/mol. The van der Waals surface area contributed by atoms with Gasteiger partial charge >= 0.3 is 0 Å². The number of methoxy groups -OCH3 is 2. The molecule has 0 amide bonds. The molecule has 3 rings (SSSR count). The molecular weight excluding hydrogens is 348 g/mol. The maximum atomic E-state index is 10.7. The number of hydrogen-bond acceptors (Lipinski definition) is 3. The zero-order valence-electron chi connectivity index (χ0n) is 16.0. The van der Waals surface area contributed by atoms with E-state index < -0.39 is 0 Å². The second-order valence-corrected chi connectivity index (χ2v) is 6.23. The highest BCUT2D eigenvalue weighted by Crippen LogP contribution is 2.24. The number of benzene rings is 3. The van der Waals surface area contributed by atoms with Crippen molar-refractivity contribution in [2.24, 2.45) is 0 Å². The van der Waals surface area contributed by atoms with Crippen LogP contribution < -0.4 is 9.47 Å². The van der Waals surface area contributed by atoms with Crippen LogP contribution >= 0.6 is 0 Å². The van der Waals surface area contributed by atoms with Crippen LogP contribution in [0.5, 0.6) is 11.5 Å². The van der Waals surface area contributed by atoms with E-state index >= 15 is 0 Å². The van der Waals surface area contributed by atoms with Crippen molar-refractivity contribution < 1.29 is 14.3 Å². The highest BCUT2D eigenvalue weighted by molar-refractivity contribution is 5.78. The van der Waals surface area contributed by atoms with Crippen LogP contribution in [-0.4, -0.2) is 20.5 Å².